The van der Waals surface area contributed by atoms with E-state index in [2.05, 4.69) is 26.1 Å². The highest BCUT2D eigenvalue weighted by Gasteiger charge is 2.27. The molecule has 0 aromatic heterocycles. The predicted molar refractivity (Wildman–Crippen MR) is 170 cm³/mol. The molecule has 1 fully saturated rings. The number of rotatable bonds is 14. The second kappa shape index (κ2) is 14.9. The number of ether oxygens (including phenoxy) is 1. The van der Waals surface area contributed by atoms with E-state index in [1.807, 2.05) is 35.2 Å². The van der Waals surface area contributed by atoms with Crippen molar-refractivity contribution < 1.29 is 24.2 Å². The average molecular weight is 585 g/mol. The van der Waals surface area contributed by atoms with Gasteiger partial charge in [0, 0.05) is 35.2 Å². The fourth-order valence-electron chi connectivity index (χ4n) is 5.75. The maximum Gasteiger partial charge on any atom is 0.326 e. The summed E-state index contributed by atoms with van der Waals surface area (Å²) in [5.41, 5.74) is 1.97. The Kier molecular flexibility index (Phi) is 11.0. The summed E-state index contributed by atoms with van der Waals surface area (Å²) in [7, 11) is 0. The Labute approximate surface area is 255 Å². The van der Waals surface area contributed by atoms with Gasteiger partial charge < -0.3 is 20.1 Å². The molecule has 1 saturated carbocycles. The van der Waals surface area contributed by atoms with Gasteiger partial charge in [0.1, 0.15) is 18.4 Å². The molecule has 4 rings (SSSR count). The highest BCUT2D eigenvalue weighted by atomic mass is 16.5. The van der Waals surface area contributed by atoms with Crippen LogP contribution in [0.1, 0.15) is 80.8 Å². The Morgan fingerprint density at radius 1 is 0.930 bits per heavy atom. The summed E-state index contributed by atoms with van der Waals surface area (Å²) in [6.07, 6.45) is 6.82. The average Bonchev–Trinajstić information content (AvgIpc) is 3.52. The molecule has 1 aliphatic rings. The van der Waals surface area contributed by atoms with Gasteiger partial charge in [0.05, 0.1) is 6.54 Å². The van der Waals surface area contributed by atoms with Gasteiger partial charge in [-0.15, -0.1) is 0 Å². The van der Waals surface area contributed by atoms with Crippen molar-refractivity contribution in [1.29, 1.82) is 0 Å². The van der Waals surface area contributed by atoms with Crippen molar-refractivity contribution >= 4 is 23.3 Å². The van der Waals surface area contributed by atoms with Gasteiger partial charge in [-0.2, -0.15) is 0 Å². The quantitative estimate of drug-likeness (QED) is 0.198. The first-order valence-corrected chi connectivity index (χ1v) is 15.3. The highest BCUT2D eigenvalue weighted by Crippen LogP contribution is 2.29. The van der Waals surface area contributed by atoms with Crippen LogP contribution < -0.4 is 10.1 Å². The molecular weight excluding hydrogens is 540 g/mol. The lowest BCUT2D eigenvalue weighted by Gasteiger charge is -2.36. The molecule has 1 atom stereocenters. The van der Waals surface area contributed by atoms with Gasteiger partial charge in [0.25, 0.3) is 0 Å². The number of carboxylic acids is 1. The van der Waals surface area contributed by atoms with Crippen LogP contribution in [-0.4, -0.2) is 52.4 Å². The van der Waals surface area contributed by atoms with Crippen LogP contribution in [0, 0.1) is 5.92 Å². The van der Waals surface area contributed by atoms with Crippen molar-refractivity contribution in [3.05, 3.63) is 95.6 Å². The van der Waals surface area contributed by atoms with Crippen LogP contribution in [0.4, 0.5) is 5.69 Å². The minimum absolute atomic E-state index is 0.171. The zero-order valence-corrected chi connectivity index (χ0v) is 25.6. The van der Waals surface area contributed by atoms with Gasteiger partial charge in [-0.1, -0.05) is 80.3 Å². The van der Waals surface area contributed by atoms with Gasteiger partial charge in [0.15, 0.2) is 5.78 Å². The summed E-state index contributed by atoms with van der Waals surface area (Å²) in [6, 6.07) is 22.3. The molecule has 0 heterocycles. The number of nitrogens with one attached hydrogen (secondary N) is 1. The number of carbonyl (C=O) groups excluding carboxylic acids is 2. The van der Waals surface area contributed by atoms with E-state index in [9.17, 15) is 19.5 Å². The summed E-state index contributed by atoms with van der Waals surface area (Å²) < 4.78 is 5.98. The fraction of sp³-hybridized carbons (Fsp3) is 0.417. The Bertz CT molecular complexity index is 1360. The number of ketones is 1. The zero-order chi connectivity index (χ0) is 30.8. The summed E-state index contributed by atoms with van der Waals surface area (Å²) in [6.45, 7) is 7.03. The first kappa shape index (κ1) is 31.8. The van der Waals surface area contributed by atoms with Gasteiger partial charge in [-0.3, -0.25) is 9.59 Å². The smallest absolute Gasteiger partial charge is 0.326 e. The van der Waals surface area contributed by atoms with E-state index in [1.165, 1.54) is 25.7 Å². The number of anilines is 1. The first-order valence-electron chi connectivity index (χ1n) is 15.3. The number of nitrogens with zero attached hydrogens (tertiary/aromatic N) is 1. The topological polar surface area (TPSA) is 95.9 Å². The summed E-state index contributed by atoms with van der Waals surface area (Å²) in [4.78, 5) is 40.3. The number of carbonyl (C=O) groups is 3. The lowest BCUT2D eigenvalue weighted by Crippen LogP contribution is -2.47. The molecule has 7 nitrogen and oxygen atoms in total. The molecule has 1 amide bonds. The molecule has 228 valence electrons. The molecule has 0 bridgehead atoms. The van der Waals surface area contributed by atoms with Crippen molar-refractivity contribution in [1.82, 2.24) is 4.90 Å². The van der Waals surface area contributed by atoms with Crippen LogP contribution >= 0.6 is 0 Å². The molecule has 0 spiro atoms. The van der Waals surface area contributed by atoms with Gasteiger partial charge in [-0.25, -0.2) is 4.79 Å². The normalized spacial score (nSPS) is 14.2. The number of aliphatic carboxylic acids is 1. The fourth-order valence-corrected chi connectivity index (χ4v) is 5.75. The van der Waals surface area contributed by atoms with Gasteiger partial charge in [-0.05, 0) is 62.9 Å². The number of amides is 1. The monoisotopic (exact) mass is 584 g/mol. The minimum atomic E-state index is -1.01. The van der Waals surface area contributed by atoms with Gasteiger partial charge in [0.2, 0.25) is 5.91 Å². The third kappa shape index (κ3) is 9.18. The van der Waals surface area contributed by atoms with Crippen LogP contribution in [0.15, 0.2) is 78.9 Å². The lowest BCUT2D eigenvalue weighted by molar-refractivity contribution is -0.138. The molecule has 3 aromatic rings. The summed E-state index contributed by atoms with van der Waals surface area (Å²) in [5.74, 6) is 0.340. The van der Waals surface area contributed by atoms with Crippen LogP contribution in [-0.2, 0) is 16.0 Å². The molecule has 0 saturated heterocycles. The standard InChI is InChI=1S/C36H44N2O5/c1-36(2,3)38(33(39)22-19-26-11-7-8-12-26)23-24-43-29-20-17-27(18-21-29)25-32(35(41)42)37-31-16-10-9-15-30(31)34(40)28-13-5-4-6-14-28/h4-6,9-10,13-18,20-21,26,32,37H,7-8,11-12,19,22-25H2,1-3H3,(H,41,42)/t32-/m0/s1. The van der Waals surface area contributed by atoms with E-state index in [1.54, 1.807) is 48.5 Å². The molecule has 2 N–H and O–H groups in total. The lowest BCUT2D eigenvalue weighted by atomic mass is 9.99. The number of carboxylic acid groups (broad SMARTS) is 1. The second-order valence-electron chi connectivity index (χ2n) is 12.4. The molecule has 3 aromatic carbocycles. The summed E-state index contributed by atoms with van der Waals surface area (Å²) >= 11 is 0. The minimum Gasteiger partial charge on any atom is -0.492 e. The van der Waals surface area contributed by atoms with Crippen LogP contribution in [0.5, 0.6) is 5.75 Å². The molecule has 1 aliphatic carbocycles. The third-order valence-corrected chi connectivity index (χ3v) is 8.13. The molecule has 0 aliphatic heterocycles. The molecular formula is C36H44N2O5. The van der Waals surface area contributed by atoms with E-state index in [0.29, 0.717) is 48.1 Å². The van der Waals surface area contributed by atoms with E-state index >= 15 is 0 Å². The second-order valence-corrected chi connectivity index (χ2v) is 12.4. The van der Waals surface area contributed by atoms with Crippen LogP contribution in [0.3, 0.4) is 0 Å². The van der Waals surface area contributed by atoms with Gasteiger partial charge >= 0.3 is 5.97 Å². The number of para-hydroxylation sites is 1. The Balaban J connectivity index is 1.33. The summed E-state index contributed by atoms with van der Waals surface area (Å²) in [5, 5.41) is 13.0. The largest absolute Gasteiger partial charge is 0.492 e. The van der Waals surface area contributed by atoms with E-state index in [-0.39, 0.29) is 23.7 Å². The van der Waals surface area contributed by atoms with Crippen molar-refractivity contribution in [3.63, 3.8) is 0 Å². The molecule has 0 radical (unpaired) electrons. The SMILES string of the molecule is CC(C)(C)N(CCOc1ccc(C[C@H](Nc2ccccc2C(=O)c2ccccc2)C(=O)O)cc1)C(=O)CCC1CCCC1. The maximum atomic E-state index is 13.1. The molecule has 43 heavy (non-hydrogen) atoms. The Hall–Kier alpha value is -4.13. The van der Waals surface area contributed by atoms with Crippen molar-refractivity contribution in [2.75, 3.05) is 18.5 Å². The van der Waals surface area contributed by atoms with E-state index < -0.39 is 12.0 Å². The maximum absolute atomic E-state index is 13.1. The highest BCUT2D eigenvalue weighted by molar-refractivity contribution is 6.12. The Morgan fingerprint density at radius 2 is 1.58 bits per heavy atom. The van der Waals surface area contributed by atoms with E-state index in [4.69, 9.17) is 4.74 Å². The molecule has 7 heteroatoms. The third-order valence-electron chi connectivity index (χ3n) is 8.13. The van der Waals surface area contributed by atoms with E-state index in [0.717, 1.165) is 12.0 Å². The Morgan fingerprint density at radius 3 is 2.23 bits per heavy atom. The number of hydrogen-bond donors (Lipinski definition) is 2. The number of hydrogen-bond acceptors (Lipinski definition) is 5. The number of benzene rings is 3. The van der Waals surface area contributed by atoms with Crippen molar-refractivity contribution in [2.45, 2.75) is 77.3 Å². The van der Waals surface area contributed by atoms with Crippen LogP contribution in [0.2, 0.25) is 0 Å². The first-order chi connectivity index (χ1) is 20.6. The van der Waals surface area contributed by atoms with Crippen LogP contribution in [0.25, 0.3) is 0 Å². The van der Waals surface area contributed by atoms with Crippen molar-refractivity contribution in [2.24, 2.45) is 5.92 Å². The molecule has 0 unspecified atom stereocenters. The zero-order valence-electron chi connectivity index (χ0n) is 25.6. The predicted octanol–water partition coefficient (Wildman–Crippen LogP) is 7.00. The van der Waals surface area contributed by atoms with Crippen molar-refractivity contribution in [3.8, 4) is 5.75 Å².